The van der Waals surface area contributed by atoms with Gasteiger partial charge in [-0.1, -0.05) is 97.1 Å². The first-order valence-corrected chi connectivity index (χ1v) is 12.8. The van der Waals surface area contributed by atoms with E-state index in [0.717, 1.165) is 39.3 Å². The van der Waals surface area contributed by atoms with Crippen molar-refractivity contribution in [2.75, 3.05) is 36.0 Å². The largest absolute Gasteiger partial charge is 0.349 e. The van der Waals surface area contributed by atoms with E-state index in [9.17, 15) is 0 Å². The maximum absolute atomic E-state index is 2.57. The van der Waals surface area contributed by atoms with Crippen molar-refractivity contribution in [2.45, 2.75) is 13.1 Å². The molecule has 4 aromatic carbocycles. The van der Waals surface area contributed by atoms with Gasteiger partial charge in [0.1, 0.15) is 5.82 Å². The Balaban J connectivity index is 1.48. The van der Waals surface area contributed by atoms with Crippen LogP contribution in [-0.2, 0) is 13.1 Å². The summed E-state index contributed by atoms with van der Waals surface area (Å²) < 4.78 is 0. The number of anilines is 2. The molecule has 0 unspecified atom stereocenters. The van der Waals surface area contributed by atoms with E-state index in [4.69, 9.17) is 0 Å². The summed E-state index contributed by atoms with van der Waals surface area (Å²) in [6, 6.07) is 43.4. The zero-order valence-electron chi connectivity index (χ0n) is 20.6. The molecule has 2 aliphatic rings. The standard InChI is InChI=1S/C32H32N4/c1-5-13-27(14-6-1)25-33-21-22-34(26-28-15-7-2-8-16-28)31(33)32-35(29-17-9-3-10-18-29)23-24-36(32)30-19-11-4-12-20-30/h1-20H,21-26H2. The van der Waals surface area contributed by atoms with Gasteiger partial charge in [0, 0.05) is 50.6 Å². The van der Waals surface area contributed by atoms with Gasteiger partial charge >= 0.3 is 0 Å². The fraction of sp³-hybridized carbons (Fsp3) is 0.188. The van der Waals surface area contributed by atoms with Gasteiger partial charge in [0.05, 0.1) is 0 Å². The van der Waals surface area contributed by atoms with Crippen LogP contribution in [0.2, 0.25) is 0 Å². The Kier molecular flexibility index (Phi) is 6.32. The van der Waals surface area contributed by atoms with Crippen LogP contribution in [0.1, 0.15) is 11.1 Å². The van der Waals surface area contributed by atoms with Crippen molar-refractivity contribution < 1.29 is 0 Å². The molecular formula is C32H32N4. The third-order valence-corrected chi connectivity index (χ3v) is 7.07. The van der Waals surface area contributed by atoms with Gasteiger partial charge in [0.2, 0.25) is 0 Å². The lowest BCUT2D eigenvalue weighted by atomic mass is 10.2. The van der Waals surface area contributed by atoms with Crippen LogP contribution < -0.4 is 9.80 Å². The minimum atomic E-state index is 0.899. The molecule has 4 aromatic rings. The molecule has 0 aliphatic carbocycles. The van der Waals surface area contributed by atoms with Gasteiger partial charge in [-0.05, 0) is 35.4 Å². The van der Waals surface area contributed by atoms with Crippen LogP contribution in [0.5, 0.6) is 0 Å². The molecule has 0 radical (unpaired) electrons. The Labute approximate surface area is 214 Å². The fourth-order valence-corrected chi connectivity index (χ4v) is 5.37. The number of rotatable bonds is 6. The molecule has 0 atom stereocenters. The fourth-order valence-electron chi connectivity index (χ4n) is 5.37. The Morgan fingerprint density at radius 2 is 0.750 bits per heavy atom. The third-order valence-electron chi connectivity index (χ3n) is 7.07. The second-order valence-electron chi connectivity index (χ2n) is 9.44. The summed E-state index contributed by atoms with van der Waals surface area (Å²) in [5, 5.41) is 0. The monoisotopic (exact) mass is 472 g/mol. The smallest absolute Gasteiger partial charge is 0.155 e. The van der Waals surface area contributed by atoms with E-state index >= 15 is 0 Å². The molecule has 180 valence electrons. The minimum absolute atomic E-state index is 0.899. The number of para-hydroxylation sites is 2. The Hall–Kier alpha value is -4.18. The zero-order valence-corrected chi connectivity index (χ0v) is 20.6. The zero-order chi connectivity index (χ0) is 24.2. The maximum atomic E-state index is 2.57. The maximum Gasteiger partial charge on any atom is 0.155 e. The quantitative estimate of drug-likeness (QED) is 0.333. The summed E-state index contributed by atoms with van der Waals surface area (Å²) in [5.74, 6) is 2.59. The predicted molar refractivity (Wildman–Crippen MR) is 148 cm³/mol. The molecule has 0 bridgehead atoms. The topological polar surface area (TPSA) is 13.0 Å². The van der Waals surface area contributed by atoms with Crippen molar-refractivity contribution in [2.24, 2.45) is 0 Å². The Morgan fingerprint density at radius 3 is 1.14 bits per heavy atom. The van der Waals surface area contributed by atoms with Gasteiger partial charge in [0.15, 0.2) is 5.82 Å². The van der Waals surface area contributed by atoms with Gasteiger partial charge < -0.3 is 19.6 Å². The molecule has 2 fully saturated rings. The lowest BCUT2D eigenvalue weighted by Gasteiger charge is -2.34. The Morgan fingerprint density at radius 1 is 0.389 bits per heavy atom. The average Bonchev–Trinajstić information content (AvgIpc) is 3.54. The molecule has 36 heavy (non-hydrogen) atoms. The van der Waals surface area contributed by atoms with Gasteiger partial charge in [-0.25, -0.2) is 0 Å². The highest BCUT2D eigenvalue weighted by atomic mass is 15.5. The molecule has 0 amide bonds. The lowest BCUT2D eigenvalue weighted by Crippen LogP contribution is -2.34. The minimum Gasteiger partial charge on any atom is -0.349 e. The van der Waals surface area contributed by atoms with Crippen molar-refractivity contribution in [3.8, 4) is 0 Å². The van der Waals surface area contributed by atoms with Crippen molar-refractivity contribution in [3.05, 3.63) is 144 Å². The molecule has 2 heterocycles. The van der Waals surface area contributed by atoms with Crippen molar-refractivity contribution in [3.63, 3.8) is 0 Å². The summed E-state index contributed by atoms with van der Waals surface area (Å²) in [7, 11) is 0. The van der Waals surface area contributed by atoms with E-state index in [2.05, 4.69) is 141 Å². The second-order valence-corrected chi connectivity index (χ2v) is 9.44. The average molecular weight is 473 g/mol. The van der Waals surface area contributed by atoms with E-state index in [1.165, 1.54) is 34.1 Å². The molecule has 0 saturated carbocycles. The second kappa shape index (κ2) is 10.2. The summed E-state index contributed by atoms with van der Waals surface area (Å²) in [6.07, 6.45) is 0. The van der Waals surface area contributed by atoms with Crippen LogP contribution >= 0.6 is 0 Å². The molecule has 0 spiro atoms. The summed E-state index contributed by atoms with van der Waals surface area (Å²) >= 11 is 0. The molecule has 6 rings (SSSR count). The lowest BCUT2D eigenvalue weighted by molar-refractivity contribution is 0.319. The highest BCUT2D eigenvalue weighted by Gasteiger charge is 2.37. The Bertz CT molecular complexity index is 1190. The van der Waals surface area contributed by atoms with E-state index < -0.39 is 0 Å². The molecule has 0 aromatic heterocycles. The first-order chi connectivity index (χ1) is 17.9. The van der Waals surface area contributed by atoms with Crippen LogP contribution in [0.3, 0.4) is 0 Å². The number of hydrogen-bond acceptors (Lipinski definition) is 4. The van der Waals surface area contributed by atoms with E-state index in [-0.39, 0.29) is 0 Å². The number of hydrogen-bond donors (Lipinski definition) is 0. The normalized spacial score (nSPS) is 15.8. The van der Waals surface area contributed by atoms with Crippen LogP contribution in [0, 0.1) is 0 Å². The van der Waals surface area contributed by atoms with Gasteiger partial charge in [-0.15, -0.1) is 0 Å². The molecule has 2 aliphatic heterocycles. The van der Waals surface area contributed by atoms with Crippen LogP contribution in [0.15, 0.2) is 133 Å². The predicted octanol–water partition coefficient (Wildman–Crippen LogP) is 6.16. The van der Waals surface area contributed by atoms with Crippen LogP contribution in [0.4, 0.5) is 11.4 Å². The highest BCUT2D eigenvalue weighted by molar-refractivity contribution is 5.65. The van der Waals surface area contributed by atoms with Crippen molar-refractivity contribution in [1.29, 1.82) is 0 Å². The first kappa shape index (κ1) is 22.3. The van der Waals surface area contributed by atoms with Crippen molar-refractivity contribution in [1.82, 2.24) is 9.80 Å². The number of nitrogens with zero attached hydrogens (tertiary/aromatic N) is 4. The SMILES string of the molecule is c1ccc(CN2CCN(Cc3ccccc3)C2=C2N(c3ccccc3)CCN2c2ccccc2)cc1. The van der Waals surface area contributed by atoms with Gasteiger partial charge in [-0.3, -0.25) is 0 Å². The summed E-state index contributed by atoms with van der Waals surface area (Å²) in [5.41, 5.74) is 5.16. The molecule has 2 saturated heterocycles. The highest BCUT2D eigenvalue weighted by Crippen LogP contribution is 2.37. The molecular weight excluding hydrogens is 440 g/mol. The molecule has 4 nitrogen and oxygen atoms in total. The van der Waals surface area contributed by atoms with E-state index in [1.54, 1.807) is 0 Å². The van der Waals surface area contributed by atoms with Crippen LogP contribution in [0.25, 0.3) is 0 Å². The molecule has 4 heteroatoms. The summed E-state index contributed by atoms with van der Waals surface area (Å²) in [6.45, 7) is 5.72. The van der Waals surface area contributed by atoms with E-state index in [1.807, 2.05) is 0 Å². The van der Waals surface area contributed by atoms with Gasteiger partial charge in [-0.2, -0.15) is 0 Å². The summed E-state index contributed by atoms with van der Waals surface area (Å²) in [4.78, 5) is 10.2. The van der Waals surface area contributed by atoms with Gasteiger partial charge in [0.25, 0.3) is 0 Å². The van der Waals surface area contributed by atoms with Crippen molar-refractivity contribution >= 4 is 11.4 Å². The van der Waals surface area contributed by atoms with E-state index in [0.29, 0.717) is 0 Å². The third kappa shape index (κ3) is 4.55. The molecule has 0 N–H and O–H groups in total. The first-order valence-electron chi connectivity index (χ1n) is 12.8. The van der Waals surface area contributed by atoms with Crippen LogP contribution in [-0.4, -0.2) is 36.0 Å². The number of benzene rings is 4.